The number of halogens is 1. The van der Waals surface area contributed by atoms with E-state index in [9.17, 15) is 9.90 Å². The summed E-state index contributed by atoms with van der Waals surface area (Å²) in [6.45, 7) is 12.9. The molecule has 22 heavy (non-hydrogen) atoms. The lowest BCUT2D eigenvalue weighted by Crippen LogP contribution is -2.76. The van der Waals surface area contributed by atoms with Gasteiger partial charge in [-0.1, -0.05) is 34.6 Å². The normalized spacial score (nSPS) is 28.3. The van der Waals surface area contributed by atoms with E-state index >= 15 is 0 Å². The molecule has 1 saturated carbocycles. The molecular formula is C16H33ClN2O3. The summed E-state index contributed by atoms with van der Waals surface area (Å²) in [5.41, 5.74) is 4.99. The van der Waals surface area contributed by atoms with Crippen molar-refractivity contribution in [2.45, 2.75) is 72.1 Å². The van der Waals surface area contributed by atoms with Crippen molar-refractivity contribution in [1.82, 2.24) is 5.32 Å². The van der Waals surface area contributed by atoms with Crippen LogP contribution in [0.15, 0.2) is 0 Å². The molecule has 0 heterocycles. The van der Waals surface area contributed by atoms with E-state index in [4.69, 9.17) is 10.5 Å². The highest BCUT2D eigenvalue weighted by Crippen LogP contribution is 2.49. The van der Waals surface area contributed by atoms with Gasteiger partial charge in [0.05, 0.1) is 12.2 Å². The number of aliphatic hydroxyl groups is 1. The van der Waals surface area contributed by atoms with E-state index in [-0.39, 0.29) is 36.4 Å². The van der Waals surface area contributed by atoms with Crippen molar-refractivity contribution in [2.75, 3.05) is 13.2 Å². The molecule has 3 unspecified atom stereocenters. The molecule has 0 aromatic heterocycles. The highest BCUT2D eigenvalue weighted by molar-refractivity contribution is 5.88. The van der Waals surface area contributed by atoms with Crippen LogP contribution >= 0.6 is 12.4 Å². The number of nitrogens with one attached hydrogen (secondary N) is 1. The van der Waals surface area contributed by atoms with Crippen LogP contribution in [0.2, 0.25) is 0 Å². The average Bonchev–Trinajstić information content (AvgIpc) is 2.33. The summed E-state index contributed by atoms with van der Waals surface area (Å²) in [5.74, 6) is -0.198. The maximum absolute atomic E-state index is 12.4. The number of rotatable bonds is 6. The van der Waals surface area contributed by atoms with Crippen molar-refractivity contribution in [3.63, 3.8) is 0 Å². The second-order valence-corrected chi connectivity index (χ2v) is 7.97. The van der Waals surface area contributed by atoms with Crippen LogP contribution in [0.25, 0.3) is 0 Å². The van der Waals surface area contributed by atoms with E-state index in [0.29, 0.717) is 19.4 Å². The Bertz CT molecular complexity index is 382. The number of hydrogen-bond donors (Lipinski definition) is 3. The standard InChI is InChI=1S/C16H32N2O3.ClH/c1-7-21-12-9-16(17,15(12,5)6)13(20)18-10-11(19)8-14(2,3)4;/h11-12,19H,7-10,17H2,1-6H3,(H,18,20);1H. The Balaban J connectivity index is 0.00000441. The van der Waals surface area contributed by atoms with E-state index in [2.05, 4.69) is 26.1 Å². The van der Waals surface area contributed by atoms with E-state index in [1.165, 1.54) is 0 Å². The summed E-state index contributed by atoms with van der Waals surface area (Å²) >= 11 is 0. The van der Waals surface area contributed by atoms with Crippen molar-refractivity contribution >= 4 is 18.3 Å². The fraction of sp³-hybridized carbons (Fsp3) is 0.938. The molecule has 0 saturated heterocycles. The summed E-state index contributed by atoms with van der Waals surface area (Å²) in [6, 6.07) is 0. The number of ether oxygens (including phenoxy) is 1. The number of carbonyl (C=O) groups excluding carboxylic acids is 1. The first-order valence-electron chi connectivity index (χ1n) is 7.81. The highest BCUT2D eigenvalue weighted by atomic mass is 35.5. The Hall–Kier alpha value is -0.360. The highest BCUT2D eigenvalue weighted by Gasteiger charge is 2.62. The smallest absolute Gasteiger partial charge is 0.240 e. The van der Waals surface area contributed by atoms with Crippen molar-refractivity contribution in [3.05, 3.63) is 0 Å². The van der Waals surface area contributed by atoms with Crippen LogP contribution in [0.1, 0.15) is 54.4 Å². The molecule has 1 aliphatic rings. The Morgan fingerprint density at radius 3 is 2.41 bits per heavy atom. The topological polar surface area (TPSA) is 84.6 Å². The second kappa shape index (κ2) is 7.47. The predicted molar refractivity (Wildman–Crippen MR) is 91.1 cm³/mol. The lowest BCUT2D eigenvalue weighted by atomic mass is 9.54. The number of carbonyl (C=O) groups is 1. The first-order chi connectivity index (χ1) is 9.44. The van der Waals surface area contributed by atoms with Gasteiger partial charge in [-0.05, 0) is 18.8 Å². The third-order valence-electron chi connectivity index (χ3n) is 4.58. The van der Waals surface area contributed by atoms with Gasteiger partial charge >= 0.3 is 0 Å². The fourth-order valence-corrected chi connectivity index (χ4v) is 2.97. The first kappa shape index (κ1) is 21.6. The van der Waals surface area contributed by atoms with Crippen molar-refractivity contribution in [1.29, 1.82) is 0 Å². The number of aliphatic hydroxyl groups excluding tert-OH is 1. The zero-order chi connectivity index (χ0) is 16.5. The molecule has 1 aliphatic carbocycles. The molecule has 5 nitrogen and oxygen atoms in total. The van der Waals surface area contributed by atoms with Gasteiger partial charge in [0.1, 0.15) is 5.54 Å². The zero-order valence-corrected chi connectivity index (χ0v) is 15.5. The van der Waals surface area contributed by atoms with E-state index < -0.39 is 17.1 Å². The monoisotopic (exact) mass is 336 g/mol. The molecule has 0 aromatic rings. The van der Waals surface area contributed by atoms with Crippen LogP contribution in [-0.4, -0.2) is 41.9 Å². The quantitative estimate of drug-likeness (QED) is 0.691. The molecule has 6 heteroatoms. The van der Waals surface area contributed by atoms with Gasteiger partial charge in [-0.2, -0.15) is 0 Å². The molecule has 0 aromatic carbocycles. The molecule has 1 fully saturated rings. The van der Waals surface area contributed by atoms with Crippen LogP contribution < -0.4 is 11.1 Å². The van der Waals surface area contributed by atoms with Gasteiger partial charge in [0, 0.05) is 25.0 Å². The summed E-state index contributed by atoms with van der Waals surface area (Å²) in [5, 5.41) is 12.8. The summed E-state index contributed by atoms with van der Waals surface area (Å²) in [4.78, 5) is 12.4. The molecule has 3 atom stereocenters. The molecule has 1 amide bonds. The van der Waals surface area contributed by atoms with Crippen LogP contribution in [0.3, 0.4) is 0 Å². The zero-order valence-electron chi connectivity index (χ0n) is 14.7. The third-order valence-corrected chi connectivity index (χ3v) is 4.58. The third kappa shape index (κ3) is 4.57. The van der Waals surface area contributed by atoms with Crippen LogP contribution in [-0.2, 0) is 9.53 Å². The van der Waals surface area contributed by atoms with Gasteiger partial charge in [-0.3, -0.25) is 4.79 Å². The molecule has 0 radical (unpaired) electrons. The first-order valence-corrected chi connectivity index (χ1v) is 7.81. The van der Waals surface area contributed by atoms with E-state index in [1.54, 1.807) is 0 Å². The minimum Gasteiger partial charge on any atom is -0.391 e. The van der Waals surface area contributed by atoms with Crippen molar-refractivity contribution in [3.8, 4) is 0 Å². The van der Waals surface area contributed by atoms with Gasteiger partial charge in [-0.25, -0.2) is 0 Å². The largest absolute Gasteiger partial charge is 0.391 e. The van der Waals surface area contributed by atoms with Gasteiger partial charge in [-0.15, -0.1) is 12.4 Å². The van der Waals surface area contributed by atoms with E-state index in [1.807, 2.05) is 20.8 Å². The minimum atomic E-state index is -0.922. The fourth-order valence-electron chi connectivity index (χ4n) is 2.97. The average molecular weight is 337 g/mol. The van der Waals surface area contributed by atoms with Crippen LogP contribution in [0.5, 0.6) is 0 Å². The maximum atomic E-state index is 12.4. The summed E-state index contributed by atoms with van der Waals surface area (Å²) in [7, 11) is 0. The Labute approximate surface area is 140 Å². The Morgan fingerprint density at radius 2 is 2.00 bits per heavy atom. The molecule has 0 aliphatic heterocycles. The molecule has 4 N–H and O–H groups in total. The summed E-state index contributed by atoms with van der Waals surface area (Å²) < 4.78 is 5.62. The Morgan fingerprint density at radius 1 is 1.45 bits per heavy atom. The Kier molecular flexibility index (Phi) is 7.35. The molecule has 1 rings (SSSR count). The molecule has 132 valence electrons. The van der Waals surface area contributed by atoms with E-state index in [0.717, 1.165) is 0 Å². The van der Waals surface area contributed by atoms with Gasteiger partial charge in [0.25, 0.3) is 0 Å². The second-order valence-electron chi connectivity index (χ2n) is 7.97. The minimum absolute atomic E-state index is 0. The maximum Gasteiger partial charge on any atom is 0.240 e. The number of hydrogen-bond acceptors (Lipinski definition) is 4. The van der Waals surface area contributed by atoms with Crippen LogP contribution in [0, 0.1) is 10.8 Å². The van der Waals surface area contributed by atoms with Gasteiger partial charge in [0.15, 0.2) is 0 Å². The predicted octanol–water partition coefficient (Wildman–Crippen LogP) is 1.85. The SMILES string of the molecule is CCOC1CC(N)(C(=O)NCC(O)CC(C)(C)C)C1(C)C.Cl. The van der Waals surface area contributed by atoms with Crippen molar-refractivity contribution in [2.24, 2.45) is 16.6 Å². The van der Waals surface area contributed by atoms with Gasteiger partial charge < -0.3 is 20.9 Å². The molecular weight excluding hydrogens is 304 g/mol. The lowest BCUT2D eigenvalue weighted by molar-refractivity contribution is -0.171. The van der Waals surface area contributed by atoms with Crippen molar-refractivity contribution < 1.29 is 14.6 Å². The molecule has 0 bridgehead atoms. The van der Waals surface area contributed by atoms with Gasteiger partial charge in [0.2, 0.25) is 5.91 Å². The lowest BCUT2D eigenvalue weighted by Gasteiger charge is -2.57. The van der Waals surface area contributed by atoms with Crippen LogP contribution in [0.4, 0.5) is 0 Å². The number of amides is 1. The molecule has 0 spiro atoms. The summed E-state index contributed by atoms with van der Waals surface area (Å²) in [6.07, 6.45) is 0.617. The number of nitrogens with two attached hydrogens (primary N) is 1.